The summed E-state index contributed by atoms with van der Waals surface area (Å²) < 4.78 is 5.84. The molecule has 0 aliphatic rings. The van der Waals surface area contributed by atoms with Crippen LogP contribution in [-0.2, 0) is 12.0 Å². The second-order valence-electron chi connectivity index (χ2n) is 9.27. The molecule has 0 atom stereocenters. The fraction of sp³-hybridized carbons (Fsp3) is 0.179. The SMILES string of the molecule is CC(C)(C)c1ccc(OCc2ccc(C(=O)NNC(=O)c3cc4ccccc4[nH]c3=O)cc2)cc1. The molecule has 178 valence electrons. The molecule has 0 radical (unpaired) electrons. The quantitative estimate of drug-likeness (QED) is 0.375. The zero-order valence-corrected chi connectivity index (χ0v) is 19.8. The largest absolute Gasteiger partial charge is 0.489 e. The smallest absolute Gasteiger partial charge is 0.275 e. The van der Waals surface area contributed by atoms with Crippen LogP contribution in [0.3, 0.4) is 0 Å². The number of hydrazine groups is 1. The third-order valence-electron chi connectivity index (χ3n) is 5.63. The average Bonchev–Trinajstić information content (AvgIpc) is 2.85. The molecular weight excluding hydrogens is 442 g/mol. The van der Waals surface area contributed by atoms with E-state index in [4.69, 9.17) is 4.74 Å². The molecule has 3 aromatic carbocycles. The summed E-state index contributed by atoms with van der Waals surface area (Å²) in [5, 5.41) is 0.714. The number of para-hydroxylation sites is 1. The van der Waals surface area contributed by atoms with Crippen molar-refractivity contribution in [2.24, 2.45) is 0 Å². The first-order chi connectivity index (χ1) is 16.7. The van der Waals surface area contributed by atoms with Crippen LogP contribution in [0.2, 0.25) is 0 Å². The number of benzene rings is 3. The van der Waals surface area contributed by atoms with E-state index in [2.05, 4.69) is 48.7 Å². The minimum atomic E-state index is -0.701. The maximum absolute atomic E-state index is 12.4. The highest BCUT2D eigenvalue weighted by Gasteiger charge is 2.14. The second-order valence-corrected chi connectivity index (χ2v) is 9.27. The van der Waals surface area contributed by atoms with Gasteiger partial charge in [0.15, 0.2) is 0 Å². The lowest BCUT2D eigenvalue weighted by molar-refractivity contribution is 0.0846. The Labute approximate surface area is 203 Å². The molecule has 0 saturated heterocycles. The van der Waals surface area contributed by atoms with Gasteiger partial charge in [0.25, 0.3) is 17.4 Å². The van der Waals surface area contributed by atoms with Gasteiger partial charge in [-0.3, -0.25) is 25.2 Å². The Hall–Kier alpha value is -4.39. The van der Waals surface area contributed by atoms with Crippen molar-refractivity contribution in [2.45, 2.75) is 32.8 Å². The number of hydrogen-bond donors (Lipinski definition) is 3. The Bertz CT molecular complexity index is 1420. The molecule has 3 N–H and O–H groups in total. The summed E-state index contributed by atoms with van der Waals surface area (Å²) in [6.07, 6.45) is 0. The van der Waals surface area contributed by atoms with Gasteiger partial charge in [-0.15, -0.1) is 0 Å². The van der Waals surface area contributed by atoms with Crippen LogP contribution < -0.4 is 21.1 Å². The number of carbonyl (C=O) groups excluding carboxylic acids is 2. The molecule has 0 spiro atoms. The van der Waals surface area contributed by atoms with Gasteiger partial charge in [0.1, 0.15) is 17.9 Å². The molecule has 0 fully saturated rings. The van der Waals surface area contributed by atoms with Crippen molar-refractivity contribution in [1.82, 2.24) is 15.8 Å². The lowest BCUT2D eigenvalue weighted by Crippen LogP contribution is -2.43. The van der Waals surface area contributed by atoms with E-state index in [9.17, 15) is 14.4 Å². The maximum Gasteiger partial charge on any atom is 0.275 e. The van der Waals surface area contributed by atoms with Crippen LogP contribution >= 0.6 is 0 Å². The number of aromatic amines is 1. The zero-order valence-electron chi connectivity index (χ0n) is 19.8. The van der Waals surface area contributed by atoms with E-state index in [-0.39, 0.29) is 11.0 Å². The molecule has 0 bridgehead atoms. The average molecular weight is 470 g/mol. The van der Waals surface area contributed by atoms with Crippen LogP contribution in [0.5, 0.6) is 5.75 Å². The maximum atomic E-state index is 12.4. The summed E-state index contributed by atoms with van der Waals surface area (Å²) >= 11 is 0. The highest BCUT2D eigenvalue weighted by Crippen LogP contribution is 2.24. The number of nitrogens with one attached hydrogen (secondary N) is 3. The molecular formula is C28H27N3O4. The number of hydrogen-bond acceptors (Lipinski definition) is 4. The Kier molecular flexibility index (Phi) is 6.68. The molecule has 0 unspecified atom stereocenters. The molecule has 0 saturated carbocycles. The molecule has 0 aliphatic heterocycles. The lowest BCUT2D eigenvalue weighted by atomic mass is 9.87. The van der Waals surface area contributed by atoms with Gasteiger partial charge in [0.2, 0.25) is 0 Å². The number of aromatic nitrogens is 1. The second kappa shape index (κ2) is 9.85. The zero-order chi connectivity index (χ0) is 25.0. The van der Waals surface area contributed by atoms with Crippen molar-refractivity contribution >= 4 is 22.7 Å². The number of pyridine rings is 1. The molecule has 35 heavy (non-hydrogen) atoms. The fourth-order valence-electron chi connectivity index (χ4n) is 3.54. The number of rotatable bonds is 5. The number of amides is 2. The predicted molar refractivity (Wildman–Crippen MR) is 135 cm³/mol. The van der Waals surface area contributed by atoms with E-state index < -0.39 is 17.4 Å². The molecule has 0 aliphatic carbocycles. The number of carbonyl (C=O) groups is 2. The highest BCUT2D eigenvalue weighted by atomic mass is 16.5. The molecule has 1 aromatic heterocycles. The van der Waals surface area contributed by atoms with E-state index in [1.54, 1.807) is 42.5 Å². The molecule has 1 heterocycles. The van der Waals surface area contributed by atoms with E-state index in [0.717, 1.165) is 11.3 Å². The standard InChI is InChI=1S/C28H27N3O4/c1-28(2,3)21-12-14-22(15-13-21)35-17-18-8-10-19(11-9-18)25(32)30-31-27(34)23-16-20-6-4-5-7-24(20)29-26(23)33/h4-16H,17H2,1-3H3,(H,29,33)(H,30,32)(H,31,34). The van der Waals surface area contributed by atoms with Gasteiger partial charge < -0.3 is 9.72 Å². The van der Waals surface area contributed by atoms with Crippen molar-refractivity contribution in [3.8, 4) is 5.75 Å². The van der Waals surface area contributed by atoms with Crippen molar-refractivity contribution in [2.75, 3.05) is 0 Å². The fourth-order valence-corrected chi connectivity index (χ4v) is 3.54. The molecule has 4 rings (SSSR count). The van der Waals surface area contributed by atoms with Crippen molar-refractivity contribution in [3.05, 3.63) is 111 Å². The number of ether oxygens (including phenoxy) is 1. The number of fused-ring (bicyclic) bond motifs is 1. The van der Waals surface area contributed by atoms with Gasteiger partial charge in [0.05, 0.1) is 0 Å². The van der Waals surface area contributed by atoms with Crippen LogP contribution in [0.15, 0.2) is 83.7 Å². The summed E-state index contributed by atoms with van der Waals surface area (Å²) in [4.78, 5) is 39.7. The van der Waals surface area contributed by atoms with E-state index in [1.165, 1.54) is 11.6 Å². The van der Waals surface area contributed by atoms with Crippen LogP contribution in [0.4, 0.5) is 0 Å². The molecule has 7 nitrogen and oxygen atoms in total. The Morgan fingerprint density at radius 2 is 1.51 bits per heavy atom. The monoisotopic (exact) mass is 469 g/mol. The predicted octanol–water partition coefficient (Wildman–Crippen LogP) is 4.48. The number of H-pyrrole nitrogens is 1. The van der Waals surface area contributed by atoms with Crippen molar-refractivity contribution < 1.29 is 14.3 Å². The Morgan fingerprint density at radius 1 is 0.857 bits per heavy atom. The van der Waals surface area contributed by atoms with Crippen LogP contribution in [0.1, 0.15) is 52.6 Å². The Balaban J connectivity index is 1.32. The summed E-state index contributed by atoms with van der Waals surface area (Å²) in [6.45, 7) is 6.84. The highest BCUT2D eigenvalue weighted by molar-refractivity contribution is 6.00. The summed E-state index contributed by atoms with van der Waals surface area (Å²) in [5.74, 6) is -0.431. The van der Waals surface area contributed by atoms with E-state index in [0.29, 0.717) is 23.1 Å². The summed E-state index contributed by atoms with van der Waals surface area (Å²) in [7, 11) is 0. The van der Waals surface area contributed by atoms with E-state index >= 15 is 0 Å². The van der Waals surface area contributed by atoms with Gasteiger partial charge in [-0.25, -0.2) is 0 Å². The first-order valence-corrected chi connectivity index (χ1v) is 11.3. The van der Waals surface area contributed by atoms with Crippen LogP contribution in [-0.4, -0.2) is 16.8 Å². The van der Waals surface area contributed by atoms with Crippen LogP contribution in [0.25, 0.3) is 10.9 Å². The third kappa shape index (κ3) is 5.76. The van der Waals surface area contributed by atoms with Gasteiger partial charge in [-0.2, -0.15) is 0 Å². The minimum Gasteiger partial charge on any atom is -0.489 e. The first-order valence-electron chi connectivity index (χ1n) is 11.3. The van der Waals surface area contributed by atoms with Gasteiger partial charge in [-0.05, 0) is 58.3 Å². The third-order valence-corrected chi connectivity index (χ3v) is 5.63. The van der Waals surface area contributed by atoms with E-state index in [1.807, 2.05) is 18.2 Å². The van der Waals surface area contributed by atoms with Gasteiger partial charge in [-0.1, -0.05) is 63.2 Å². The van der Waals surface area contributed by atoms with Crippen molar-refractivity contribution in [3.63, 3.8) is 0 Å². The minimum absolute atomic E-state index is 0.0829. The van der Waals surface area contributed by atoms with Gasteiger partial charge >= 0.3 is 0 Å². The molecule has 2 amide bonds. The normalized spacial score (nSPS) is 11.2. The lowest BCUT2D eigenvalue weighted by Gasteiger charge is -2.19. The van der Waals surface area contributed by atoms with Gasteiger partial charge in [0, 0.05) is 11.1 Å². The van der Waals surface area contributed by atoms with Crippen molar-refractivity contribution in [1.29, 1.82) is 0 Å². The molecule has 4 aromatic rings. The first kappa shape index (κ1) is 23.8. The topological polar surface area (TPSA) is 100 Å². The molecule has 7 heteroatoms. The summed E-state index contributed by atoms with van der Waals surface area (Å²) in [6, 6.07) is 23.5. The summed E-state index contributed by atoms with van der Waals surface area (Å²) in [5.41, 5.74) is 7.21. The Morgan fingerprint density at radius 3 is 2.20 bits per heavy atom. The van der Waals surface area contributed by atoms with Crippen LogP contribution in [0, 0.1) is 0 Å².